The number of para-hydroxylation sites is 1. The number of phenols is 1. The third-order valence-electron chi connectivity index (χ3n) is 3.93. The number of hydrogen-bond donors (Lipinski definition) is 4. The van der Waals surface area contributed by atoms with Crippen LogP contribution in [-0.4, -0.2) is 34.0 Å². The molecule has 0 spiro atoms. The fourth-order valence-corrected chi connectivity index (χ4v) is 2.55. The van der Waals surface area contributed by atoms with Crippen LogP contribution in [0, 0.1) is 0 Å². The summed E-state index contributed by atoms with van der Waals surface area (Å²) < 4.78 is 0. The predicted molar refractivity (Wildman–Crippen MR) is 113 cm³/mol. The van der Waals surface area contributed by atoms with Crippen molar-refractivity contribution >= 4 is 23.5 Å². The van der Waals surface area contributed by atoms with Crippen LogP contribution in [0.5, 0.6) is 5.75 Å². The lowest BCUT2D eigenvalue weighted by atomic mass is 10.1. The second-order valence-electron chi connectivity index (χ2n) is 5.70. The molecule has 1 aromatic heterocycles. The molecule has 1 fully saturated rings. The number of benzene rings is 1. The molecule has 2 heterocycles. The van der Waals surface area contributed by atoms with E-state index in [2.05, 4.69) is 11.6 Å². The molecule has 6 N–H and O–H groups in total. The van der Waals surface area contributed by atoms with Gasteiger partial charge in [-0.3, -0.25) is 4.79 Å². The molecule has 0 atom stereocenters. The number of carbonyl (C=O) groups excluding carboxylic acids is 1. The van der Waals surface area contributed by atoms with Crippen molar-refractivity contribution in [2.75, 3.05) is 18.8 Å². The number of likely N-dealkylation sites (tertiary alicyclic amines) is 1. The van der Waals surface area contributed by atoms with Crippen LogP contribution in [0.15, 0.2) is 49.2 Å². The number of amides is 1. The van der Waals surface area contributed by atoms with Crippen LogP contribution in [0.3, 0.4) is 0 Å². The van der Waals surface area contributed by atoms with Crippen LogP contribution in [-0.2, 0) is 4.79 Å². The second-order valence-corrected chi connectivity index (χ2v) is 5.70. The van der Waals surface area contributed by atoms with Crippen LogP contribution in [0.2, 0.25) is 0 Å². The van der Waals surface area contributed by atoms with Gasteiger partial charge in [0.25, 0.3) is 0 Å². The van der Waals surface area contributed by atoms with Gasteiger partial charge in [0.2, 0.25) is 5.91 Å². The highest BCUT2D eigenvalue weighted by Crippen LogP contribution is 2.24. The number of aromatic hydroxyl groups is 1. The zero-order valence-corrected chi connectivity index (χ0v) is 16.1. The largest absolute Gasteiger partial charge is 0.507 e. The number of phenolic OH excluding ortho intramolecular Hbond substituents is 1. The maximum Gasteiger partial charge on any atom is 0.245 e. The number of rotatable bonds is 3. The molecule has 2 aromatic rings. The minimum absolute atomic E-state index is 0.0764. The summed E-state index contributed by atoms with van der Waals surface area (Å²) in [4.78, 5) is 15.5. The quantitative estimate of drug-likeness (QED) is 0.619. The summed E-state index contributed by atoms with van der Waals surface area (Å²) in [5, 5.41) is 9.62. The third kappa shape index (κ3) is 6.58. The van der Waals surface area contributed by atoms with E-state index in [1.807, 2.05) is 30.9 Å². The first-order chi connectivity index (χ1) is 13.0. The van der Waals surface area contributed by atoms with Crippen molar-refractivity contribution in [2.24, 2.45) is 5.73 Å². The van der Waals surface area contributed by atoms with Crippen molar-refractivity contribution in [2.45, 2.75) is 26.7 Å². The number of aromatic nitrogens is 1. The molecule has 0 bridgehead atoms. The number of nitrogen functional groups attached to an aromatic ring is 1. The van der Waals surface area contributed by atoms with E-state index in [4.69, 9.17) is 11.5 Å². The Kier molecular flexibility index (Phi) is 9.29. The fourth-order valence-electron chi connectivity index (χ4n) is 2.55. The molecule has 27 heavy (non-hydrogen) atoms. The van der Waals surface area contributed by atoms with Gasteiger partial charge in [-0.15, -0.1) is 0 Å². The van der Waals surface area contributed by atoms with E-state index in [0.29, 0.717) is 17.1 Å². The zero-order chi connectivity index (χ0) is 20.2. The molecule has 1 aliphatic rings. The molecular weight excluding hydrogens is 340 g/mol. The second kappa shape index (κ2) is 11.5. The Morgan fingerprint density at radius 1 is 1.22 bits per heavy atom. The molecule has 3 rings (SSSR count). The number of H-pyrrole nitrogens is 1. The number of aromatic amines is 1. The normalized spacial score (nSPS) is 13.1. The summed E-state index contributed by atoms with van der Waals surface area (Å²) in [5.41, 5.74) is 13.5. The van der Waals surface area contributed by atoms with Crippen molar-refractivity contribution in [1.82, 2.24) is 9.88 Å². The van der Waals surface area contributed by atoms with Crippen LogP contribution >= 0.6 is 0 Å². The van der Waals surface area contributed by atoms with Crippen molar-refractivity contribution in [3.63, 3.8) is 0 Å². The molecule has 0 unspecified atom stereocenters. The van der Waals surface area contributed by atoms with Gasteiger partial charge in [-0.05, 0) is 43.2 Å². The Balaban J connectivity index is 0.000000282. The SMILES string of the molecule is C=CC(=O)N1CCCC1.CC.N/C(=C\c1cc[nH]c1N)c1ccccc1O. The van der Waals surface area contributed by atoms with E-state index in [0.717, 1.165) is 31.5 Å². The highest BCUT2D eigenvalue weighted by molar-refractivity contribution is 5.87. The van der Waals surface area contributed by atoms with Gasteiger partial charge >= 0.3 is 0 Å². The Morgan fingerprint density at radius 3 is 2.37 bits per heavy atom. The Morgan fingerprint density at radius 2 is 1.85 bits per heavy atom. The lowest BCUT2D eigenvalue weighted by Crippen LogP contribution is -2.25. The summed E-state index contributed by atoms with van der Waals surface area (Å²) in [5.74, 6) is 0.788. The number of nitrogens with zero attached hydrogens (tertiary/aromatic N) is 1. The van der Waals surface area contributed by atoms with Gasteiger partial charge in [-0.1, -0.05) is 32.6 Å². The topological polar surface area (TPSA) is 108 Å². The van der Waals surface area contributed by atoms with E-state index in [-0.39, 0.29) is 11.7 Å². The molecule has 0 radical (unpaired) electrons. The van der Waals surface area contributed by atoms with E-state index in [1.165, 1.54) is 6.08 Å². The highest BCUT2D eigenvalue weighted by Gasteiger charge is 2.14. The maximum atomic E-state index is 10.8. The average Bonchev–Trinajstić information content (AvgIpc) is 3.36. The Labute approximate surface area is 161 Å². The van der Waals surface area contributed by atoms with Crippen LogP contribution in [0.25, 0.3) is 11.8 Å². The maximum absolute atomic E-state index is 10.8. The number of carbonyl (C=O) groups is 1. The molecule has 6 nitrogen and oxygen atoms in total. The molecule has 0 saturated carbocycles. The summed E-state index contributed by atoms with van der Waals surface area (Å²) >= 11 is 0. The lowest BCUT2D eigenvalue weighted by Gasteiger charge is -2.10. The zero-order valence-electron chi connectivity index (χ0n) is 16.1. The molecular formula is C21H30N4O2. The first-order valence-corrected chi connectivity index (χ1v) is 9.12. The van der Waals surface area contributed by atoms with E-state index in [9.17, 15) is 9.90 Å². The summed E-state index contributed by atoms with van der Waals surface area (Å²) in [7, 11) is 0. The van der Waals surface area contributed by atoms with Crippen molar-refractivity contribution in [3.8, 4) is 5.75 Å². The van der Waals surface area contributed by atoms with Gasteiger partial charge < -0.3 is 26.5 Å². The van der Waals surface area contributed by atoms with Gasteiger partial charge in [-0.25, -0.2) is 0 Å². The number of nitrogens with two attached hydrogens (primary N) is 2. The molecule has 1 aliphatic heterocycles. The van der Waals surface area contributed by atoms with E-state index >= 15 is 0 Å². The van der Waals surface area contributed by atoms with Gasteiger partial charge in [0, 0.05) is 36.1 Å². The summed E-state index contributed by atoms with van der Waals surface area (Å²) in [6, 6.07) is 8.73. The summed E-state index contributed by atoms with van der Waals surface area (Å²) in [6.07, 6.45) is 7.14. The highest BCUT2D eigenvalue weighted by atomic mass is 16.3. The molecule has 6 heteroatoms. The molecule has 1 saturated heterocycles. The van der Waals surface area contributed by atoms with Crippen LogP contribution in [0.1, 0.15) is 37.8 Å². The fraction of sp³-hybridized carbons (Fsp3) is 0.286. The summed E-state index contributed by atoms with van der Waals surface area (Å²) in [6.45, 7) is 9.26. The van der Waals surface area contributed by atoms with Crippen LogP contribution in [0.4, 0.5) is 5.82 Å². The Bertz CT molecular complexity index is 759. The first-order valence-electron chi connectivity index (χ1n) is 9.12. The molecule has 1 amide bonds. The van der Waals surface area contributed by atoms with Crippen LogP contribution < -0.4 is 11.5 Å². The first kappa shape index (κ1) is 21.9. The smallest absolute Gasteiger partial charge is 0.245 e. The lowest BCUT2D eigenvalue weighted by molar-refractivity contribution is -0.124. The predicted octanol–water partition coefficient (Wildman–Crippen LogP) is 3.58. The van der Waals surface area contributed by atoms with Crippen molar-refractivity contribution in [3.05, 3.63) is 60.3 Å². The average molecular weight is 370 g/mol. The number of anilines is 1. The Hall–Kier alpha value is -3.15. The third-order valence-corrected chi connectivity index (χ3v) is 3.93. The van der Waals surface area contributed by atoms with Gasteiger partial charge in [0.05, 0.1) is 0 Å². The van der Waals surface area contributed by atoms with Gasteiger partial charge in [-0.2, -0.15) is 0 Å². The monoisotopic (exact) mass is 370 g/mol. The molecule has 0 aliphatic carbocycles. The molecule has 1 aromatic carbocycles. The standard InChI is InChI=1S/C12H13N3O.C7H11NO.C2H6/c13-10(7-8-5-6-15-12(8)14)9-3-1-2-4-11(9)16;1-2-7(9)8-5-3-4-6-8;1-2/h1-7,15-16H,13-14H2;2H,1,3-6H2;1-2H3/b10-7-;;. The van der Waals surface area contributed by atoms with Crippen molar-refractivity contribution < 1.29 is 9.90 Å². The van der Waals surface area contributed by atoms with Crippen molar-refractivity contribution in [1.29, 1.82) is 0 Å². The van der Waals surface area contributed by atoms with Gasteiger partial charge in [0.1, 0.15) is 11.6 Å². The van der Waals surface area contributed by atoms with E-state index in [1.54, 1.807) is 30.5 Å². The number of nitrogens with one attached hydrogen (secondary N) is 1. The van der Waals surface area contributed by atoms with Gasteiger partial charge in [0.15, 0.2) is 0 Å². The minimum atomic E-state index is 0.0764. The molecule has 146 valence electrons. The minimum Gasteiger partial charge on any atom is -0.507 e. The van der Waals surface area contributed by atoms with E-state index < -0.39 is 0 Å². The number of hydrogen-bond acceptors (Lipinski definition) is 4.